The van der Waals surface area contributed by atoms with Crippen molar-refractivity contribution >= 4 is 11.6 Å². The largest absolute Gasteiger partial charge is 0.472 e. The molecular formula is C13H13ClO2. The summed E-state index contributed by atoms with van der Waals surface area (Å²) in [6.07, 6.45) is 3.03. The molecular weight excluding hydrogens is 224 g/mol. The van der Waals surface area contributed by atoms with E-state index < -0.39 is 6.10 Å². The molecule has 0 saturated heterocycles. The summed E-state index contributed by atoms with van der Waals surface area (Å²) in [7, 11) is 0. The third-order valence-electron chi connectivity index (χ3n) is 2.55. The lowest BCUT2D eigenvalue weighted by Gasteiger charge is -2.10. The van der Waals surface area contributed by atoms with E-state index in [9.17, 15) is 5.11 Å². The van der Waals surface area contributed by atoms with E-state index in [4.69, 9.17) is 16.0 Å². The van der Waals surface area contributed by atoms with Crippen molar-refractivity contribution in [2.24, 2.45) is 0 Å². The van der Waals surface area contributed by atoms with E-state index in [-0.39, 0.29) is 0 Å². The Kier molecular flexibility index (Phi) is 3.32. The van der Waals surface area contributed by atoms with Crippen LogP contribution in [0.25, 0.3) is 0 Å². The highest BCUT2D eigenvalue weighted by molar-refractivity contribution is 6.31. The van der Waals surface area contributed by atoms with Gasteiger partial charge < -0.3 is 9.52 Å². The second-order valence-corrected chi connectivity index (χ2v) is 4.28. The van der Waals surface area contributed by atoms with E-state index in [2.05, 4.69) is 0 Å². The van der Waals surface area contributed by atoms with Crippen molar-refractivity contribution in [2.75, 3.05) is 0 Å². The summed E-state index contributed by atoms with van der Waals surface area (Å²) >= 11 is 6.10. The number of aryl methyl sites for hydroxylation is 1. The van der Waals surface area contributed by atoms with E-state index in [0.29, 0.717) is 11.4 Å². The first kappa shape index (κ1) is 11.2. The summed E-state index contributed by atoms with van der Waals surface area (Å²) in [5.74, 6) is 0. The summed E-state index contributed by atoms with van der Waals surface area (Å²) in [6, 6.07) is 7.59. The molecule has 1 atom stereocenters. The molecule has 1 unspecified atom stereocenters. The van der Waals surface area contributed by atoms with Crippen LogP contribution >= 0.6 is 11.6 Å². The fourth-order valence-electron chi connectivity index (χ4n) is 1.61. The second kappa shape index (κ2) is 4.73. The zero-order valence-electron chi connectivity index (χ0n) is 8.98. The predicted octanol–water partition coefficient (Wildman–Crippen LogP) is 3.52. The minimum Gasteiger partial charge on any atom is -0.472 e. The topological polar surface area (TPSA) is 33.4 Å². The number of hydrogen-bond donors (Lipinski definition) is 1. The Morgan fingerprint density at radius 2 is 2.19 bits per heavy atom. The smallest absolute Gasteiger partial charge is 0.0960 e. The summed E-state index contributed by atoms with van der Waals surface area (Å²) in [6.45, 7) is 1.99. The van der Waals surface area contributed by atoms with Gasteiger partial charge in [0, 0.05) is 17.0 Å². The van der Waals surface area contributed by atoms with Crippen LogP contribution in [0, 0.1) is 6.92 Å². The first-order valence-corrected chi connectivity index (χ1v) is 5.50. The Labute approximate surface area is 99.5 Å². The number of furan rings is 1. The van der Waals surface area contributed by atoms with Gasteiger partial charge in [0.05, 0.1) is 18.6 Å². The zero-order valence-corrected chi connectivity index (χ0v) is 9.74. The van der Waals surface area contributed by atoms with Gasteiger partial charge in [-0.1, -0.05) is 23.7 Å². The van der Waals surface area contributed by atoms with E-state index in [1.54, 1.807) is 18.6 Å². The Hall–Kier alpha value is -1.25. The van der Waals surface area contributed by atoms with Gasteiger partial charge in [0.15, 0.2) is 0 Å². The monoisotopic (exact) mass is 236 g/mol. The molecule has 0 saturated carbocycles. The fraction of sp³-hybridized carbons (Fsp3) is 0.231. The maximum Gasteiger partial charge on any atom is 0.0960 e. The predicted molar refractivity (Wildman–Crippen MR) is 63.6 cm³/mol. The molecule has 0 aliphatic heterocycles. The highest BCUT2D eigenvalue weighted by Gasteiger charge is 2.11. The number of benzene rings is 1. The van der Waals surface area contributed by atoms with Crippen LogP contribution in [0.5, 0.6) is 0 Å². The summed E-state index contributed by atoms with van der Waals surface area (Å²) < 4.78 is 4.93. The molecule has 0 fully saturated rings. The van der Waals surface area contributed by atoms with Crippen molar-refractivity contribution < 1.29 is 9.52 Å². The molecule has 3 heteroatoms. The van der Waals surface area contributed by atoms with Crippen LogP contribution in [0.15, 0.2) is 41.2 Å². The average Bonchev–Trinajstić information content (AvgIpc) is 2.75. The molecule has 2 nitrogen and oxygen atoms in total. The van der Waals surface area contributed by atoms with Crippen LogP contribution in [-0.2, 0) is 6.42 Å². The molecule has 0 spiro atoms. The van der Waals surface area contributed by atoms with Crippen LogP contribution < -0.4 is 0 Å². The number of aliphatic hydroxyl groups is 1. The third-order valence-corrected chi connectivity index (χ3v) is 2.90. The van der Waals surface area contributed by atoms with Gasteiger partial charge >= 0.3 is 0 Å². The minimum absolute atomic E-state index is 0.499. The van der Waals surface area contributed by atoms with Crippen LogP contribution in [0.3, 0.4) is 0 Å². The zero-order chi connectivity index (χ0) is 11.5. The van der Waals surface area contributed by atoms with Crippen LogP contribution in [0.1, 0.15) is 22.8 Å². The van der Waals surface area contributed by atoms with Crippen molar-refractivity contribution in [1.82, 2.24) is 0 Å². The Balaban J connectivity index is 2.15. The van der Waals surface area contributed by atoms with Crippen molar-refractivity contribution in [3.8, 4) is 0 Å². The van der Waals surface area contributed by atoms with Crippen molar-refractivity contribution in [2.45, 2.75) is 19.4 Å². The van der Waals surface area contributed by atoms with Crippen molar-refractivity contribution in [1.29, 1.82) is 0 Å². The summed E-state index contributed by atoms with van der Waals surface area (Å²) in [4.78, 5) is 0. The van der Waals surface area contributed by atoms with Crippen LogP contribution in [-0.4, -0.2) is 5.11 Å². The lowest BCUT2D eigenvalue weighted by molar-refractivity contribution is 0.177. The SMILES string of the molecule is Cc1ccc(CC(O)c2ccoc2)c(Cl)c1. The van der Waals surface area contributed by atoms with Gasteiger partial charge in [-0.05, 0) is 30.2 Å². The Morgan fingerprint density at radius 1 is 1.38 bits per heavy atom. The van der Waals surface area contributed by atoms with Gasteiger partial charge in [-0.2, -0.15) is 0 Å². The number of rotatable bonds is 3. The van der Waals surface area contributed by atoms with Crippen molar-refractivity contribution in [3.63, 3.8) is 0 Å². The molecule has 1 N–H and O–H groups in total. The van der Waals surface area contributed by atoms with Gasteiger partial charge in [-0.15, -0.1) is 0 Å². The molecule has 2 rings (SSSR count). The first-order valence-electron chi connectivity index (χ1n) is 5.12. The first-order chi connectivity index (χ1) is 7.66. The number of halogens is 1. The maximum atomic E-state index is 9.94. The lowest BCUT2D eigenvalue weighted by atomic mass is 10.0. The maximum absolute atomic E-state index is 9.94. The fourth-order valence-corrected chi connectivity index (χ4v) is 1.92. The molecule has 0 bridgehead atoms. The van der Waals surface area contributed by atoms with Crippen molar-refractivity contribution in [3.05, 3.63) is 58.5 Å². The van der Waals surface area contributed by atoms with E-state index in [1.165, 1.54) is 0 Å². The van der Waals surface area contributed by atoms with Crippen LogP contribution in [0.2, 0.25) is 5.02 Å². The molecule has 0 radical (unpaired) electrons. The summed E-state index contributed by atoms with van der Waals surface area (Å²) in [5.41, 5.74) is 2.84. The van der Waals surface area contributed by atoms with E-state index >= 15 is 0 Å². The molecule has 0 amide bonds. The molecule has 84 valence electrons. The van der Waals surface area contributed by atoms with Gasteiger partial charge in [-0.3, -0.25) is 0 Å². The minimum atomic E-state index is -0.570. The van der Waals surface area contributed by atoms with E-state index in [0.717, 1.165) is 16.7 Å². The van der Waals surface area contributed by atoms with Gasteiger partial charge in [0.1, 0.15) is 0 Å². The summed E-state index contributed by atoms with van der Waals surface area (Å²) in [5, 5.41) is 10.6. The lowest BCUT2D eigenvalue weighted by Crippen LogP contribution is -2.01. The van der Waals surface area contributed by atoms with Gasteiger partial charge in [0.2, 0.25) is 0 Å². The standard InChI is InChI=1S/C13H13ClO2/c1-9-2-3-10(12(14)6-9)7-13(15)11-4-5-16-8-11/h2-6,8,13,15H,7H2,1H3. The molecule has 16 heavy (non-hydrogen) atoms. The van der Waals surface area contributed by atoms with Gasteiger partial charge in [-0.25, -0.2) is 0 Å². The average molecular weight is 237 g/mol. The molecule has 0 aliphatic carbocycles. The van der Waals surface area contributed by atoms with E-state index in [1.807, 2.05) is 25.1 Å². The molecule has 1 aromatic carbocycles. The number of aliphatic hydroxyl groups excluding tert-OH is 1. The quantitative estimate of drug-likeness (QED) is 0.885. The molecule has 1 aromatic heterocycles. The number of hydrogen-bond acceptors (Lipinski definition) is 2. The van der Waals surface area contributed by atoms with Gasteiger partial charge in [0.25, 0.3) is 0 Å². The molecule has 0 aliphatic rings. The highest BCUT2D eigenvalue weighted by atomic mass is 35.5. The van der Waals surface area contributed by atoms with Crippen LogP contribution in [0.4, 0.5) is 0 Å². The highest BCUT2D eigenvalue weighted by Crippen LogP contribution is 2.24. The molecule has 1 heterocycles. The normalized spacial score (nSPS) is 12.7. The molecule has 2 aromatic rings. The Bertz CT molecular complexity index is 463. The Morgan fingerprint density at radius 3 is 2.81 bits per heavy atom. The second-order valence-electron chi connectivity index (χ2n) is 3.87. The third kappa shape index (κ3) is 2.46.